The van der Waals surface area contributed by atoms with Crippen molar-refractivity contribution in [3.8, 4) is 23.0 Å². The highest BCUT2D eigenvalue weighted by Gasteiger charge is 2.40. The van der Waals surface area contributed by atoms with E-state index in [0.717, 1.165) is 28.8 Å². The van der Waals surface area contributed by atoms with E-state index in [1.807, 2.05) is 18.2 Å². The van der Waals surface area contributed by atoms with Crippen molar-refractivity contribution in [2.75, 3.05) is 11.9 Å². The maximum atomic E-state index is 10.4. The van der Waals surface area contributed by atoms with Gasteiger partial charge in [-0.3, -0.25) is 4.98 Å². The van der Waals surface area contributed by atoms with Crippen LogP contribution in [0.2, 0.25) is 0 Å². The number of phenols is 3. The number of benzene rings is 2. The number of nitrogens with one attached hydrogen (secondary N) is 1. The van der Waals surface area contributed by atoms with Crippen molar-refractivity contribution in [2.45, 2.75) is 12.3 Å². The van der Waals surface area contributed by atoms with Crippen molar-refractivity contribution in [1.82, 2.24) is 4.98 Å². The van der Waals surface area contributed by atoms with Crippen molar-refractivity contribution in [3.05, 3.63) is 65.5 Å². The largest absolute Gasteiger partial charge is 0.506 e. The van der Waals surface area contributed by atoms with Gasteiger partial charge in [0.15, 0.2) is 11.5 Å². The lowest BCUT2D eigenvalue weighted by molar-refractivity contribution is 0.214. The molecule has 0 saturated carbocycles. The topological polar surface area (TPSA) is 94.8 Å². The highest BCUT2D eigenvalue weighted by molar-refractivity contribution is 5.70. The predicted molar refractivity (Wildman–Crippen MR) is 99.9 cm³/mol. The van der Waals surface area contributed by atoms with Crippen LogP contribution in [-0.4, -0.2) is 26.9 Å². The zero-order valence-electron chi connectivity index (χ0n) is 14.4. The van der Waals surface area contributed by atoms with Crippen LogP contribution in [0.3, 0.4) is 0 Å². The van der Waals surface area contributed by atoms with Gasteiger partial charge < -0.3 is 25.4 Å². The Balaban J connectivity index is 1.60. The quantitative estimate of drug-likeness (QED) is 0.520. The van der Waals surface area contributed by atoms with Gasteiger partial charge in [-0.25, -0.2) is 0 Å². The number of anilines is 2. The number of hydrogen-bond donors (Lipinski definition) is 4. The van der Waals surface area contributed by atoms with Gasteiger partial charge in [-0.1, -0.05) is 0 Å². The average Bonchev–Trinajstić information content (AvgIpc) is 3.01. The third-order valence-electron chi connectivity index (χ3n) is 5.40. The highest BCUT2D eigenvalue weighted by Crippen LogP contribution is 2.52. The number of aromatic hydroxyl groups is 3. The molecule has 1 unspecified atom stereocenters. The molecule has 0 radical (unpaired) electrons. The van der Waals surface area contributed by atoms with Gasteiger partial charge in [-0.05, 0) is 47.9 Å². The summed E-state index contributed by atoms with van der Waals surface area (Å²) in [7, 11) is 0. The third-order valence-corrected chi connectivity index (χ3v) is 5.40. The van der Waals surface area contributed by atoms with Crippen LogP contribution in [0.25, 0.3) is 0 Å². The lowest BCUT2D eigenvalue weighted by atomic mass is 9.83. The summed E-state index contributed by atoms with van der Waals surface area (Å²) in [6.07, 6.45) is 4.14. The molecule has 27 heavy (non-hydrogen) atoms. The molecule has 3 aromatic rings. The van der Waals surface area contributed by atoms with Gasteiger partial charge in [-0.15, -0.1) is 0 Å². The number of pyridine rings is 1. The molecule has 6 heteroatoms. The fourth-order valence-electron chi connectivity index (χ4n) is 4.17. The summed E-state index contributed by atoms with van der Waals surface area (Å²) in [5.41, 5.74) is 4.39. The van der Waals surface area contributed by atoms with Gasteiger partial charge in [-0.2, -0.15) is 0 Å². The molecule has 2 aromatic carbocycles. The van der Waals surface area contributed by atoms with Crippen molar-refractivity contribution in [3.63, 3.8) is 0 Å². The van der Waals surface area contributed by atoms with Crippen molar-refractivity contribution in [2.24, 2.45) is 5.92 Å². The molecule has 0 bridgehead atoms. The summed E-state index contributed by atoms with van der Waals surface area (Å²) in [4.78, 5) is 4.00. The normalized spacial score (nSPS) is 19.6. The first kappa shape index (κ1) is 15.8. The van der Waals surface area contributed by atoms with E-state index in [1.165, 1.54) is 0 Å². The first-order valence-corrected chi connectivity index (χ1v) is 8.81. The third kappa shape index (κ3) is 2.52. The molecule has 136 valence electrons. The van der Waals surface area contributed by atoms with Crippen LogP contribution in [0.1, 0.15) is 22.6 Å². The van der Waals surface area contributed by atoms with Gasteiger partial charge in [0.05, 0.1) is 12.3 Å². The van der Waals surface area contributed by atoms with Crippen molar-refractivity contribution in [1.29, 1.82) is 0 Å². The Morgan fingerprint density at radius 2 is 1.70 bits per heavy atom. The van der Waals surface area contributed by atoms with Crippen LogP contribution in [0.4, 0.5) is 11.4 Å². The summed E-state index contributed by atoms with van der Waals surface area (Å²) < 4.78 is 5.89. The van der Waals surface area contributed by atoms with E-state index in [4.69, 9.17) is 4.74 Å². The predicted octanol–water partition coefficient (Wildman–Crippen LogP) is 3.64. The van der Waals surface area contributed by atoms with E-state index in [9.17, 15) is 15.3 Å². The van der Waals surface area contributed by atoms with E-state index < -0.39 is 0 Å². The second-order valence-corrected chi connectivity index (χ2v) is 7.06. The summed E-state index contributed by atoms with van der Waals surface area (Å²) >= 11 is 0. The van der Waals surface area contributed by atoms with Crippen LogP contribution in [-0.2, 0) is 6.42 Å². The monoisotopic (exact) mass is 362 g/mol. The van der Waals surface area contributed by atoms with Gasteiger partial charge in [0.1, 0.15) is 11.5 Å². The van der Waals surface area contributed by atoms with E-state index in [-0.39, 0.29) is 29.1 Å². The maximum absolute atomic E-state index is 10.4. The number of phenolic OH excluding ortho intramolecular Hbond substituents is 3. The molecular weight excluding hydrogens is 344 g/mol. The molecule has 2 atom stereocenters. The van der Waals surface area contributed by atoms with E-state index >= 15 is 0 Å². The smallest absolute Gasteiger partial charge is 0.157 e. The second kappa shape index (κ2) is 5.81. The number of aromatic nitrogens is 1. The minimum Gasteiger partial charge on any atom is -0.506 e. The van der Waals surface area contributed by atoms with Crippen molar-refractivity contribution < 1.29 is 20.1 Å². The molecule has 1 aliphatic carbocycles. The first-order chi connectivity index (χ1) is 13.1. The van der Waals surface area contributed by atoms with Crippen LogP contribution in [0.15, 0.2) is 48.8 Å². The van der Waals surface area contributed by atoms with Crippen LogP contribution >= 0.6 is 0 Å². The molecule has 2 aliphatic rings. The van der Waals surface area contributed by atoms with Crippen LogP contribution in [0, 0.1) is 5.92 Å². The van der Waals surface area contributed by atoms with E-state index in [1.54, 1.807) is 30.6 Å². The Morgan fingerprint density at radius 1 is 0.926 bits per heavy atom. The fraction of sp³-hybridized carbons (Fsp3) is 0.190. The number of hydrogen-bond acceptors (Lipinski definition) is 6. The minimum atomic E-state index is -0.114. The zero-order chi connectivity index (χ0) is 18.5. The number of nitrogens with zero attached hydrogens (tertiary/aromatic N) is 1. The Morgan fingerprint density at radius 3 is 2.52 bits per heavy atom. The van der Waals surface area contributed by atoms with Crippen LogP contribution in [0.5, 0.6) is 23.0 Å². The van der Waals surface area contributed by atoms with Gasteiger partial charge in [0, 0.05) is 41.5 Å². The Kier molecular flexibility index (Phi) is 3.40. The van der Waals surface area contributed by atoms with Gasteiger partial charge in [0.2, 0.25) is 0 Å². The maximum Gasteiger partial charge on any atom is 0.157 e. The van der Waals surface area contributed by atoms with Crippen LogP contribution < -0.4 is 10.1 Å². The summed E-state index contributed by atoms with van der Waals surface area (Å²) in [5, 5.41) is 33.4. The number of rotatable bonds is 2. The molecule has 0 amide bonds. The number of fused-ring (bicyclic) bond motifs is 5. The standard InChI is InChI=1S/C21H18N2O4/c24-17-9-20-15(7-16(17)23-13-1-3-22-4-2-13)21-12(10-27-20)5-11-6-18(25)19(26)8-14(11)21/h1-4,6-9,12,21,24-26H,5,10H2,(H,22,23)/t12?,21-/m1/s1. The van der Waals surface area contributed by atoms with Gasteiger partial charge in [0.25, 0.3) is 0 Å². The molecule has 5 rings (SSSR count). The second-order valence-electron chi connectivity index (χ2n) is 7.06. The minimum absolute atomic E-state index is 0.0499. The zero-order valence-corrected chi connectivity index (χ0v) is 14.4. The Bertz CT molecular complexity index is 1040. The first-order valence-electron chi connectivity index (χ1n) is 8.81. The van der Waals surface area contributed by atoms with Crippen molar-refractivity contribution >= 4 is 11.4 Å². The molecule has 6 nitrogen and oxygen atoms in total. The summed E-state index contributed by atoms with van der Waals surface area (Å²) in [6, 6.07) is 10.5. The Hall–Kier alpha value is -3.41. The van der Waals surface area contributed by atoms with Gasteiger partial charge >= 0.3 is 0 Å². The van der Waals surface area contributed by atoms with E-state index in [2.05, 4.69) is 10.3 Å². The summed E-state index contributed by atoms with van der Waals surface area (Å²) in [5.74, 6) is 0.821. The molecule has 1 aliphatic heterocycles. The molecule has 4 N–H and O–H groups in total. The molecule has 1 aromatic heterocycles. The average molecular weight is 362 g/mol. The number of ether oxygens (including phenoxy) is 1. The lowest BCUT2D eigenvalue weighted by Crippen LogP contribution is -2.24. The molecule has 2 heterocycles. The SMILES string of the molecule is Oc1cc2c(cc1O)[C@@H]1c3cc(Nc4ccncc4)c(O)cc3OCC1C2. The highest BCUT2D eigenvalue weighted by atomic mass is 16.5. The lowest BCUT2D eigenvalue weighted by Gasteiger charge is -2.30. The molecular formula is C21H18N2O4. The van der Waals surface area contributed by atoms with E-state index in [0.29, 0.717) is 18.0 Å². The Labute approximate surface area is 155 Å². The molecule has 0 fully saturated rings. The fourth-order valence-corrected chi connectivity index (χ4v) is 4.17. The molecule has 0 spiro atoms. The molecule has 0 saturated heterocycles. The summed E-state index contributed by atoms with van der Waals surface area (Å²) in [6.45, 7) is 0.532.